The Morgan fingerprint density at radius 3 is 2.86 bits per heavy atom. The van der Waals surface area contributed by atoms with E-state index in [1.54, 1.807) is 18.4 Å². The maximum atomic E-state index is 5.23. The molecule has 0 spiro atoms. The molecule has 6 heteroatoms. The van der Waals surface area contributed by atoms with Crippen molar-refractivity contribution in [1.82, 2.24) is 9.97 Å². The van der Waals surface area contributed by atoms with Crippen molar-refractivity contribution in [3.05, 3.63) is 34.1 Å². The van der Waals surface area contributed by atoms with Crippen LogP contribution in [0, 0.1) is 0 Å². The Balaban J connectivity index is 2.17. The molecule has 1 aromatic carbocycles. The predicted molar refractivity (Wildman–Crippen MR) is 91.3 cm³/mol. The minimum absolute atomic E-state index is 0.717. The van der Waals surface area contributed by atoms with Gasteiger partial charge in [-0.3, -0.25) is 0 Å². The fourth-order valence-electron chi connectivity index (χ4n) is 2.06. The van der Waals surface area contributed by atoms with Crippen LogP contribution in [0.15, 0.2) is 34.1 Å². The van der Waals surface area contributed by atoms with Crippen molar-refractivity contribution in [3.8, 4) is 16.5 Å². The first-order valence-electron chi connectivity index (χ1n) is 6.55. The number of aromatic nitrogens is 2. The van der Waals surface area contributed by atoms with Gasteiger partial charge in [0.1, 0.15) is 11.6 Å². The fourth-order valence-corrected chi connectivity index (χ4v) is 3.21. The molecule has 3 aromatic rings. The summed E-state index contributed by atoms with van der Waals surface area (Å²) in [5, 5.41) is 6.28. The molecule has 0 radical (unpaired) electrons. The number of anilines is 1. The Hall–Kier alpha value is -1.66. The molecule has 1 N–H and O–H groups in total. The zero-order valence-corrected chi connectivity index (χ0v) is 14.1. The molecule has 0 atom stereocenters. The summed E-state index contributed by atoms with van der Waals surface area (Å²) in [7, 11) is 1.66. The van der Waals surface area contributed by atoms with Crippen LogP contribution in [0.5, 0.6) is 5.75 Å². The molecule has 2 aromatic heterocycles. The third-order valence-corrected chi connectivity index (χ3v) is 4.43. The van der Waals surface area contributed by atoms with E-state index in [2.05, 4.69) is 38.1 Å². The predicted octanol–water partition coefficient (Wildman–Crippen LogP) is 4.56. The van der Waals surface area contributed by atoms with Crippen molar-refractivity contribution in [1.29, 1.82) is 0 Å². The Morgan fingerprint density at radius 2 is 2.14 bits per heavy atom. The van der Waals surface area contributed by atoms with Crippen molar-refractivity contribution >= 4 is 44.0 Å². The third kappa shape index (κ3) is 2.87. The average Bonchev–Trinajstić information content (AvgIpc) is 2.97. The fraction of sp³-hybridized carbons (Fsp3) is 0.200. The second kappa shape index (κ2) is 5.99. The number of halogens is 1. The zero-order chi connectivity index (χ0) is 14.8. The van der Waals surface area contributed by atoms with Crippen LogP contribution in [-0.2, 0) is 0 Å². The molecule has 0 amide bonds. The number of fused-ring (bicyclic) bond motifs is 1. The quantitative estimate of drug-likeness (QED) is 0.737. The number of nitrogens with zero attached hydrogens (tertiary/aromatic N) is 2. The van der Waals surface area contributed by atoms with E-state index in [9.17, 15) is 0 Å². The number of nitrogens with one attached hydrogen (secondary N) is 1. The van der Waals surface area contributed by atoms with Crippen molar-refractivity contribution in [3.63, 3.8) is 0 Å². The first-order chi connectivity index (χ1) is 10.2. The maximum Gasteiger partial charge on any atom is 0.172 e. The van der Waals surface area contributed by atoms with Crippen LogP contribution < -0.4 is 10.1 Å². The van der Waals surface area contributed by atoms with Gasteiger partial charge in [0, 0.05) is 27.9 Å². The molecule has 0 saturated heterocycles. The smallest absolute Gasteiger partial charge is 0.172 e. The molecule has 0 bridgehead atoms. The van der Waals surface area contributed by atoms with Crippen LogP contribution in [0.4, 0.5) is 5.82 Å². The second-order valence-corrected chi connectivity index (χ2v) is 6.27. The van der Waals surface area contributed by atoms with E-state index in [4.69, 9.17) is 4.74 Å². The number of benzene rings is 1. The summed E-state index contributed by atoms with van der Waals surface area (Å²) in [5.74, 6) is 2.40. The van der Waals surface area contributed by atoms with Gasteiger partial charge in [0.25, 0.3) is 0 Å². The van der Waals surface area contributed by atoms with Gasteiger partial charge in [-0.2, -0.15) is 0 Å². The van der Waals surface area contributed by atoms with Crippen LogP contribution in [0.25, 0.3) is 21.6 Å². The molecule has 3 rings (SSSR count). The number of ether oxygens (including phenoxy) is 1. The van der Waals surface area contributed by atoms with E-state index in [0.717, 1.165) is 38.4 Å². The first-order valence-corrected chi connectivity index (χ1v) is 8.22. The molecule has 4 nitrogen and oxygen atoms in total. The normalized spacial score (nSPS) is 10.8. The number of hydrogen-bond acceptors (Lipinski definition) is 5. The highest BCUT2D eigenvalue weighted by atomic mass is 79.9. The van der Waals surface area contributed by atoms with Gasteiger partial charge in [0.2, 0.25) is 0 Å². The molecule has 0 saturated carbocycles. The topological polar surface area (TPSA) is 47.0 Å². The second-order valence-electron chi connectivity index (χ2n) is 4.44. The van der Waals surface area contributed by atoms with Gasteiger partial charge in [-0.1, -0.05) is 15.9 Å². The van der Waals surface area contributed by atoms with Crippen LogP contribution in [0.2, 0.25) is 0 Å². The lowest BCUT2D eigenvalue weighted by Gasteiger charge is -2.09. The van der Waals surface area contributed by atoms with Gasteiger partial charge < -0.3 is 10.1 Å². The first kappa shape index (κ1) is 14.3. The molecular weight excluding hydrogens is 350 g/mol. The standard InChI is InChI=1S/C15H14BrN3OS/c1-3-17-14-11-6-9(16)4-5-12(11)18-15(19-14)13-7-10(20-2)8-21-13/h4-8H,3H2,1-2H3,(H,17,18,19). The Bertz CT molecular complexity index is 788. The average molecular weight is 364 g/mol. The minimum atomic E-state index is 0.717. The van der Waals surface area contributed by atoms with Gasteiger partial charge in [-0.15, -0.1) is 11.3 Å². The van der Waals surface area contributed by atoms with E-state index >= 15 is 0 Å². The lowest BCUT2D eigenvalue weighted by Crippen LogP contribution is -2.02. The summed E-state index contributed by atoms with van der Waals surface area (Å²) in [6.07, 6.45) is 0. The van der Waals surface area contributed by atoms with Crippen LogP contribution >= 0.6 is 27.3 Å². The molecular formula is C15H14BrN3OS. The highest BCUT2D eigenvalue weighted by Gasteiger charge is 2.11. The largest absolute Gasteiger partial charge is 0.496 e. The minimum Gasteiger partial charge on any atom is -0.496 e. The molecule has 0 aliphatic carbocycles. The van der Waals surface area contributed by atoms with E-state index < -0.39 is 0 Å². The number of rotatable bonds is 4. The number of methoxy groups -OCH3 is 1. The van der Waals surface area contributed by atoms with Crippen LogP contribution in [-0.4, -0.2) is 23.6 Å². The Morgan fingerprint density at radius 1 is 1.29 bits per heavy atom. The van der Waals surface area contributed by atoms with Crippen LogP contribution in [0.1, 0.15) is 6.92 Å². The van der Waals surface area contributed by atoms with Gasteiger partial charge >= 0.3 is 0 Å². The molecule has 21 heavy (non-hydrogen) atoms. The molecule has 0 fully saturated rings. The highest BCUT2D eigenvalue weighted by Crippen LogP contribution is 2.32. The van der Waals surface area contributed by atoms with Crippen LogP contribution in [0.3, 0.4) is 0 Å². The molecule has 2 heterocycles. The van der Waals surface area contributed by atoms with E-state index in [0.29, 0.717) is 5.82 Å². The summed E-state index contributed by atoms with van der Waals surface area (Å²) in [5.41, 5.74) is 0.923. The van der Waals surface area contributed by atoms with E-state index in [1.807, 2.05) is 29.6 Å². The van der Waals surface area contributed by atoms with Crippen molar-refractivity contribution in [2.45, 2.75) is 6.92 Å². The van der Waals surface area contributed by atoms with Crippen molar-refractivity contribution in [2.75, 3.05) is 19.0 Å². The zero-order valence-electron chi connectivity index (χ0n) is 11.7. The van der Waals surface area contributed by atoms with Gasteiger partial charge in [0.15, 0.2) is 5.82 Å². The van der Waals surface area contributed by atoms with Crippen molar-refractivity contribution < 1.29 is 4.74 Å². The van der Waals surface area contributed by atoms with Gasteiger partial charge in [-0.25, -0.2) is 9.97 Å². The van der Waals surface area contributed by atoms with Crippen molar-refractivity contribution in [2.24, 2.45) is 0 Å². The van der Waals surface area contributed by atoms with Gasteiger partial charge in [-0.05, 0) is 25.1 Å². The Labute approximate surface area is 135 Å². The summed E-state index contributed by atoms with van der Waals surface area (Å²) < 4.78 is 6.25. The number of thiophene rings is 1. The summed E-state index contributed by atoms with van der Waals surface area (Å²) in [6, 6.07) is 7.98. The maximum absolute atomic E-state index is 5.23. The molecule has 0 unspecified atom stereocenters. The Kier molecular flexibility index (Phi) is 4.07. The van der Waals surface area contributed by atoms with E-state index in [-0.39, 0.29) is 0 Å². The third-order valence-electron chi connectivity index (χ3n) is 3.03. The summed E-state index contributed by atoms with van der Waals surface area (Å²) in [4.78, 5) is 10.3. The molecule has 0 aliphatic heterocycles. The SMILES string of the molecule is CCNc1nc(-c2cc(OC)cs2)nc2ccc(Br)cc12. The lowest BCUT2D eigenvalue weighted by molar-refractivity contribution is 0.417. The molecule has 108 valence electrons. The monoisotopic (exact) mass is 363 g/mol. The summed E-state index contributed by atoms with van der Waals surface area (Å²) in [6.45, 7) is 2.87. The summed E-state index contributed by atoms with van der Waals surface area (Å²) >= 11 is 5.07. The highest BCUT2D eigenvalue weighted by molar-refractivity contribution is 9.10. The lowest BCUT2D eigenvalue weighted by atomic mass is 10.2. The van der Waals surface area contributed by atoms with E-state index in [1.165, 1.54) is 0 Å². The van der Waals surface area contributed by atoms with Gasteiger partial charge in [0.05, 0.1) is 17.5 Å². The number of hydrogen-bond donors (Lipinski definition) is 1. The molecule has 0 aliphatic rings.